The first-order chi connectivity index (χ1) is 14.3. The highest BCUT2D eigenvalue weighted by molar-refractivity contribution is 7.92. The molecule has 160 valence electrons. The number of carbonyl (C=O) groups is 2. The van der Waals surface area contributed by atoms with Crippen molar-refractivity contribution in [3.63, 3.8) is 0 Å². The molecule has 1 amide bonds. The van der Waals surface area contributed by atoms with Crippen molar-refractivity contribution in [2.75, 3.05) is 24.4 Å². The summed E-state index contributed by atoms with van der Waals surface area (Å²) in [4.78, 5) is 26.6. The first-order valence-electron chi connectivity index (χ1n) is 9.95. The molecular weight excluding hydrogens is 404 g/mol. The molecule has 3 rings (SSSR count). The first kappa shape index (κ1) is 21.8. The van der Waals surface area contributed by atoms with Gasteiger partial charge in [0.1, 0.15) is 0 Å². The minimum absolute atomic E-state index is 0.173. The van der Waals surface area contributed by atoms with E-state index in [1.807, 2.05) is 6.92 Å². The number of nitrogens with one attached hydrogen (secondary N) is 1. The molecule has 1 unspecified atom stereocenters. The summed E-state index contributed by atoms with van der Waals surface area (Å²) in [5.41, 5.74) is 1.78. The Balaban J connectivity index is 1.67. The van der Waals surface area contributed by atoms with Gasteiger partial charge in [0.2, 0.25) is 0 Å². The number of aryl methyl sites for hydroxylation is 1. The molecule has 0 aliphatic carbocycles. The lowest BCUT2D eigenvalue weighted by Gasteiger charge is -2.31. The van der Waals surface area contributed by atoms with Crippen molar-refractivity contribution in [3.8, 4) is 0 Å². The highest BCUT2D eigenvalue weighted by Crippen LogP contribution is 2.22. The van der Waals surface area contributed by atoms with E-state index < -0.39 is 10.0 Å². The molecule has 1 heterocycles. The van der Waals surface area contributed by atoms with Crippen LogP contribution in [-0.4, -0.2) is 44.9 Å². The molecule has 7 nitrogen and oxygen atoms in total. The van der Waals surface area contributed by atoms with Gasteiger partial charge < -0.3 is 9.64 Å². The van der Waals surface area contributed by atoms with Gasteiger partial charge in [0, 0.05) is 24.3 Å². The summed E-state index contributed by atoms with van der Waals surface area (Å²) in [6.07, 6.45) is 1.45. The Morgan fingerprint density at radius 1 is 1.10 bits per heavy atom. The molecule has 1 aliphatic rings. The van der Waals surface area contributed by atoms with E-state index in [0.717, 1.165) is 12.0 Å². The molecule has 2 aromatic rings. The van der Waals surface area contributed by atoms with Crippen LogP contribution in [0.25, 0.3) is 0 Å². The van der Waals surface area contributed by atoms with Crippen molar-refractivity contribution < 1.29 is 22.7 Å². The maximum absolute atomic E-state index is 12.8. The van der Waals surface area contributed by atoms with Gasteiger partial charge in [-0.25, -0.2) is 8.42 Å². The molecule has 1 saturated heterocycles. The molecule has 1 fully saturated rings. The van der Waals surface area contributed by atoms with E-state index in [9.17, 15) is 18.0 Å². The van der Waals surface area contributed by atoms with Crippen molar-refractivity contribution in [2.45, 2.75) is 31.6 Å². The standard InChI is InChI=1S/C22H26N2O5S/c1-3-29-22(26)18-5-4-14-24(15-18)21(25)17-8-10-19(11-9-17)23-30(27,28)20-12-6-16(2)7-13-20/h6-13,18,23H,3-5,14-15H2,1-2H3. The van der Waals surface area contributed by atoms with Gasteiger partial charge in [-0.05, 0) is 63.1 Å². The Bertz CT molecular complexity index is 1000. The van der Waals surface area contributed by atoms with E-state index in [-0.39, 0.29) is 22.7 Å². The second kappa shape index (κ2) is 9.30. The Labute approximate surface area is 177 Å². The number of esters is 1. The Morgan fingerprint density at radius 3 is 2.40 bits per heavy atom. The summed E-state index contributed by atoms with van der Waals surface area (Å²) >= 11 is 0. The molecule has 1 aliphatic heterocycles. The molecule has 0 radical (unpaired) electrons. The molecule has 0 spiro atoms. The zero-order valence-electron chi connectivity index (χ0n) is 17.1. The zero-order chi connectivity index (χ0) is 21.7. The van der Waals surface area contributed by atoms with Crippen LogP contribution in [0.5, 0.6) is 0 Å². The number of piperidine rings is 1. The number of benzene rings is 2. The van der Waals surface area contributed by atoms with E-state index >= 15 is 0 Å². The van der Waals surface area contributed by atoms with E-state index in [4.69, 9.17) is 4.74 Å². The van der Waals surface area contributed by atoms with Gasteiger partial charge in [0.15, 0.2) is 0 Å². The molecule has 0 aromatic heterocycles. The summed E-state index contributed by atoms with van der Waals surface area (Å²) in [7, 11) is -3.70. The number of rotatable bonds is 6. The summed E-state index contributed by atoms with van der Waals surface area (Å²) in [5, 5.41) is 0. The fourth-order valence-corrected chi connectivity index (χ4v) is 4.47. The van der Waals surface area contributed by atoms with Crippen molar-refractivity contribution in [3.05, 3.63) is 59.7 Å². The van der Waals surface area contributed by atoms with Gasteiger partial charge in [-0.3, -0.25) is 14.3 Å². The van der Waals surface area contributed by atoms with Crippen LogP contribution in [0.2, 0.25) is 0 Å². The fourth-order valence-electron chi connectivity index (χ4n) is 3.41. The number of nitrogens with zero attached hydrogens (tertiary/aromatic N) is 1. The quantitative estimate of drug-likeness (QED) is 0.711. The van der Waals surface area contributed by atoms with Crippen molar-refractivity contribution in [2.24, 2.45) is 5.92 Å². The predicted octanol–water partition coefficient (Wildman–Crippen LogP) is 3.21. The first-order valence-corrected chi connectivity index (χ1v) is 11.4. The number of amides is 1. The summed E-state index contributed by atoms with van der Waals surface area (Å²) in [6.45, 7) is 4.88. The lowest BCUT2D eigenvalue weighted by atomic mass is 9.97. The molecule has 8 heteroatoms. The third-order valence-electron chi connectivity index (χ3n) is 5.04. The van der Waals surface area contributed by atoms with Crippen LogP contribution in [0.1, 0.15) is 35.7 Å². The Kier molecular flexibility index (Phi) is 6.77. The average Bonchev–Trinajstić information content (AvgIpc) is 2.74. The van der Waals surface area contributed by atoms with Crippen LogP contribution < -0.4 is 4.72 Å². The third kappa shape index (κ3) is 5.18. The number of hydrogen-bond acceptors (Lipinski definition) is 5. The zero-order valence-corrected chi connectivity index (χ0v) is 17.9. The molecule has 0 bridgehead atoms. The van der Waals surface area contributed by atoms with Crippen molar-refractivity contribution >= 4 is 27.6 Å². The second-order valence-corrected chi connectivity index (χ2v) is 9.02. The van der Waals surface area contributed by atoms with Crippen LogP contribution in [0.15, 0.2) is 53.4 Å². The molecule has 30 heavy (non-hydrogen) atoms. The lowest BCUT2D eigenvalue weighted by molar-refractivity contribution is -0.149. The smallest absolute Gasteiger partial charge is 0.310 e. The number of hydrogen-bond donors (Lipinski definition) is 1. The second-order valence-electron chi connectivity index (χ2n) is 7.34. The predicted molar refractivity (Wildman–Crippen MR) is 114 cm³/mol. The van der Waals surface area contributed by atoms with Gasteiger partial charge in [-0.1, -0.05) is 17.7 Å². The van der Waals surface area contributed by atoms with Gasteiger partial charge in [0.05, 0.1) is 17.4 Å². The number of sulfonamides is 1. The van der Waals surface area contributed by atoms with Crippen LogP contribution in [0, 0.1) is 12.8 Å². The van der Waals surface area contributed by atoms with E-state index in [0.29, 0.717) is 37.4 Å². The number of anilines is 1. The van der Waals surface area contributed by atoms with Crippen LogP contribution in [0.4, 0.5) is 5.69 Å². The Morgan fingerprint density at radius 2 is 1.77 bits per heavy atom. The fraction of sp³-hybridized carbons (Fsp3) is 0.364. The molecule has 2 aromatic carbocycles. The van der Waals surface area contributed by atoms with Crippen LogP contribution in [0.3, 0.4) is 0 Å². The lowest BCUT2D eigenvalue weighted by Crippen LogP contribution is -2.42. The normalized spacial score (nSPS) is 16.7. The topological polar surface area (TPSA) is 92.8 Å². The highest BCUT2D eigenvalue weighted by atomic mass is 32.2. The van der Waals surface area contributed by atoms with E-state index in [1.54, 1.807) is 60.4 Å². The molecule has 1 atom stereocenters. The number of likely N-dealkylation sites (tertiary alicyclic amines) is 1. The Hall–Kier alpha value is -2.87. The minimum Gasteiger partial charge on any atom is -0.466 e. The summed E-state index contributed by atoms with van der Waals surface area (Å²) < 4.78 is 32.6. The SMILES string of the molecule is CCOC(=O)C1CCCN(C(=O)c2ccc(NS(=O)(=O)c3ccc(C)cc3)cc2)C1. The van der Waals surface area contributed by atoms with Crippen molar-refractivity contribution in [1.82, 2.24) is 4.90 Å². The maximum atomic E-state index is 12.8. The molecule has 1 N–H and O–H groups in total. The molecular formula is C22H26N2O5S. The maximum Gasteiger partial charge on any atom is 0.310 e. The van der Waals surface area contributed by atoms with Crippen LogP contribution >= 0.6 is 0 Å². The largest absolute Gasteiger partial charge is 0.466 e. The third-order valence-corrected chi connectivity index (χ3v) is 6.44. The van der Waals surface area contributed by atoms with Gasteiger partial charge >= 0.3 is 5.97 Å². The highest BCUT2D eigenvalue weighted by Gasteiger charge is 2.29. The molecule has 0 saturated carbocycles. The minimum atomic E-state index is -3.70. The van der Waals surface area contributed by atoms with Crippen molar-refractivity contribution in [1.29, 1.82) is 0 Å². The number of carbonyl (C=O) groups excluding carboxylic acids is 2. The average molecular weight is 431 g/mol. The van der Waals surface area contributed by atoms with E-state index in [2.05, 4.69) is 4.72 Å². The summed E-state index contributed by atoms with van der Waals surface area (Å²) in [6, 6.07) is 12.9. The van der Waals surface area contributed by atoms with E-state index in [1.165, 1.54) is 0 Å². The van der Waals surface area contributed by atoms with Gasteiger partial charge in [-0.15, -0.1) is 0 Å². The van der Waals surface area contributed by atoms with Gasteiger partial charge in [-0.2, -0.15) is 0 Å². The monoisotopic (exact) mass is 430 g/mol. The number of ether oxygens (including phenoxy) is 1. The van der Waals surface area contributed by atoms with Crippen LogP contribution in [-0.2, 0) is 19.6 Å². The summed E-state index contributed by atoms with van der Waals surface area (Å²) in [5.74, 6) is -0.754. The van der Waals surface area contributed by atoms with Gasteiger partial charge in [0.25, 0.3) is 15.9 Å².